The van der Waals surface area contributed by atoms with Gasteiger partial charge in [-0.15, -0.1) is 0 Å². The molecule has 98 valence electrons. The van der Waals surface area contributed by atoms with Gasteiger partial charge in [-0.05, 0) is 60.4 Å². The van der Waals surface area contributed by atoms with Gasteiger partial charge in [-0.3, -0.25) is 4.79 Å². The first-order chi connectivity index (χ1) is 8.42. The number of rotatable bonds is 2. The SMILES string of the molecule is Cc1cc(F)c(Br)cc1NC(=O)C1(C)CCNC1. The number of aryl methyl sites for hydroxylation is 1. The highest BCUT2D eigenvalue weighted by atomic mass is 79.9. The predicted molar refractivity (Wildman–Crippen MR) is 73.1 cm³/mol. The number of benzene rings is 1. The van der Waals surface area contributed by atoms with Gasteiger partial charge in [-0.1, -0.05) is 0 Å². The van der Waals surface area contributed by atoms with Crippen LogP contribution in [-0.4, -0.2) is 19.0 Å². The van der Waals surface area contributed by atoms with Gasteiger partial charge in [0.15, 0.2) is 0 Å². The second-order valence-corrected chi connectivity index (χ2v) is 5.88. The molecule has 0 aromatic heterocycles. The van der Waals surface area contributed by atoms with Gasteiger partial charge in [0.05, 0.1) is 9.89 Å². The van der Waals surface area contributed by atoms with Crippen LogP contribution in [0.2, 0.25) is 0 Å². The molecule has 0 aliphatic carbocycles. The van der Waals surface area contributed by atoms with Crippen molar-refractivity contribution in [1.82, 2.24) is 5.32 Å². The quantitative estimate of drug-likeness (QED) is 0.881. The first kappa shape index (κ1) is 13.5. The van der Waals surface area contributed by atoms with E-state index in [1.165, 1.54) is 6.07 Å². The van der Waals surface area contributed by atoms with Crippen LogP contribution in [0.5, 0.6) is 0 Å². The molecule has 1 saturated heterocycles. The smallest absolute Gasteiger partial charge is 0.231 e. The van der Waals surface area contributed by atoms with Crippen molar-refractivity contribution in [1.29, 1.82) is 0 Å². The molecule has 1 unspecified atom stereocenters. The lowest BCUT2D eigenvalue weighted by Gasteiger charge is -2.22. The van der Waals surface area contributed by atoms with Crippen molar-refractivity contribution in [3.05, 3.63) is 28.0 Å². The van der Waals surface area contributed by atoms with Crippen LogP contribution in [0.4, 0.5) is 10.1 Å². The van der Waals surface area contributed by atoms with E-state index in [9.17, 15) is 9.18 Å². The van der Waals surface area contributed by atoms with E-state index in [1.54, 1.807) is 13.0 Å². The molecule has 2 rings (SSSR count). The molecule has 5 heteroatoms. The summed E-state index contributed by atoms with van der Waals surface area (Å²) in [6.45, 7) is 5.26. The zero-order valence-corrected chi connectivity index (χ0v) is 12.0. The topological polar surface area (TPSA) is 41.1 Å². The van der Waals surface area contributed by atoms with Crippen molar-refractivity contribution in [2.24, 2.45) is 5.41 Å². The fourth-order valence-electron chi connectivity index (χ4n) is 2.06. The molecule has 0 spiro atoms. The number of hydrogen-bond donors (Lipinski definition) is 2. The van der Waals surface area contributed by atoms with Crippen LogP contribution in [0.15, 0.2) is 16.6 Å². The van der Waals surface area contributed by atoms with Crippen molar-refractivity contribution >= 4 is 27.5 Å². The highest BCUT2D eigenvalue weighted by Gasteiger charge is 2.36. The van der Waals surface area contributed by atoms with E-state index in [0.717, 1.165) is 18.5 Å². The van der Waals surface area contributed by atoms with Gasteiger partial charge >= 0.3 is 0 Å². The number of nitrogens with one attached hydrogen (secondary N) is 2. The first-order valence-corrected chi connectivity index (χ1v) is 6.69. The predicted octanol–water partition coefficient (Wildman–Crippen LogP) is 2.83. The summed E-state index contributed by atoms with van der Waals surface area (Å²) < 4.78 is 13.7. The Kier molecular flexibility index (Phi) is 3.73. The standard InChI is InChI=1S/C13H16BrFN2O/c1-8-5-10(15)9(14)6-11(8)17-12(18)13(2)3-4-16-7-13/h5-6,16H,3-4,7H2,1-2H3,(H,17,18). The van der Waals surface area contributed by atoms with E-state index in [4.69, 9.17) is 0 Å². The van der Waals surface area contributed by atoms with Gasteiger partial charge < -0.3 is 10.6 Å². The molecule has 18 heavy (non-hydrogen) atoms. The Hall–Kier alpha value is -0.940. The third-order valence-electron chi connectivity index (χ3n) is 3.43. The summed E-state index contributed by atoms with van der Waals surface area (Å²) in [6, 6.07) is 3.02. The lowest BCUT2D eigenvalue weighted by molar-refractivity contribution is -0.123. The monoisotopic (exact) mass is 314 g/mol. The Morgan fingerprint density at radius 1 is 1.56 bits per heavy atom. The Bertz CT molecular complexity index is 484. The lowest BCUT2D eigenvalue weighted by atomic mass is 9.88. The molecule has 0 saturated carbocycles. The summed E-state index contributed by atoms with van der Waals surface area (Å²) in [5.41, 5.74) is 0.993. The molecule has 0 radical (unpaired) electrons. The Labute approximate surface area is 114 Å². The number of hydrogen-bond acceptors (Lipinski definition) is 2. The van der Waals surface area contributed by atoms with Crippen molar-refractivity contribution in [2.45, 2.75) is 20.3 Å². The summed E-state index contributed by atoms with van der Waals surface area (Å²) in [6.07, 6.45) is 0.820. The third kappa shape index (κ3) is 2.57. The van der Waals surface area contributed by atoms with E-state index in [2.05, 4.69) is 26.6 Å². The molecule has 1 aliphatic rings. The third-order valence-corrected chi connectivity index (χ3v) is 4.04. The molecule has 1 aromatic rings. The molecule has 1 aliphatic heterocycles. The highest BCUT2D eigenvalue weighted by molar-refractivity contribution is 9.10. The molecule has 1 aromatic carbocycles. The lowest BCUT2D eigenvalue weighted by Crippen LogP contribution is -2.35. The van der Waals surface area contributed by atoms with Gasteiger partial charge in [0.2, 0.25) is 5.91 Å². The largest absolute Gasteiger partial charge is 0.325 e. The second kappa shape index (κ2) is 4.97. The van der Waals surface area contributed by atoms with Gasteiger partial charge in [0.25, 0.3) is 0 Å². The van der Waals surface area contributed by atoms with Crippen LogP contribution in [0.25, 0.3) is 0 Å². The molecule has 3 nitrogen and oxygen atoms in total. The second-order valence-electron chi connectivity index (χ2n) is 5.02. The van der Waals surface area contributed by atoms with Crippen LogP contribution in [0.3, 0.4) is 0 Å². The maximum Gasteiger partial charge on any atom is 0.231 e. The number of anilines is 1. The zero-order chi connectivity index (χ0) is 13.3. The van der Waals surface area contributed by atoms with Gasteiger partial charge in [-0.2, -0.15) is 0 Å². The maximum atomic E-state index is 13.3. The number of halogens is 2. The Balaban J connectivity index is 2.19. The van der Waals surface area contributed by atoms with Crippen LogP contribution in [0, 0.1) is 18.2 Å². The Morgan fingerprint density at radius 2 is 2.28 bits per heavy atom. The molecule has 2 N–H and O–H groups in total. The maximum absolute atomic E-state index is 13.3. The average molecular weight is 315 g/mol. The number of amides is 1. The van der Waals surface area contributed by atoms with Crippen molar-refractivity contribution < 1.29 is 9.18 Å². The van der Waals surface area contributed by atoms with E-state index >= 15 is 0 Å². The van der Waals surface area contributed by atoms with Crippen molar-refractivity contribution in [3.8, 4) is 0 Å². The molecule has 1 fully saturated rings. The molecular weight excluding hydrogens is 299 g/mol. The van der Waals surface area contributed by atoms with Crippen LogP contribution in [-0.2, 0) is 4.79 Å². The number of carbonyl (C=O) groups excluding carboxylic acids is 1. The molecule has 1 amide bonds. The molecule has 1 heterocycles. The van der Waals surface area contributed by atoms with E-state index < -0.39 is 0 Å². The highest BCUT2D eigenvalue weighted by Crippen LogP contribution is 2.29. The first-order valence-electron chi connectivity index (χ1n) is 5.90. The molecule has 0 bridgehead atoms. The van der Waals surface area contributed by atoms with Crippen molar-refractivity contribution in [2.75, 3.05) is 18.4 Å². The van der Waals surface area contributed by atoms with E-state index in [1.807, 2.05) is 6.92 Å². The van der Waals surface area contributed by atoms with Crippen LogP contribution < -0.4 is 10.6 Å². The summed E-state index contributed by atoms with van der Waals surface area (Å²) in [5.74, 6) is -0.339. The fraction of sp³-hybridized carbons (Fsp3) is 0.462. The number of carbonyl (C=O) groups is 1. The summed E-state index contributed by atoms with van der Waals surface area (Å²) in [7, 11) is 0. The van der Waals surface area contributed by atoms with Gasteiger partial charge in [-0.25, -0.2) is 4.39 Å². The molecular formula is C13H16BrFN2O. The van der Waals surface area contributed by atoms with Crippen LogP contribution in [0.1, 0.15) is 18.9 Å². The minimum atomic E-state index is -0.382. The van der Waals surface area contributed by atoms with Crippen molar-refractivity contribution in [3.63, 3.8) is 0 Å². The van der Waals surface area contributed by atoms with E-state index in [-0.39, 0.29) is 17.1 Å². The van der Waals surface area contributed by atoms with E-state index in [0.29, 0.717) is 16.7 Å². The minimum Gasteiger partial charge on any atom is -0.325 e. The van der Waals surface area contributed by atoms with Gasteiger partial charge in [0, 0.05) is 12.2 Å². The minimum absolute atomic E-state index is 0.0193. The molecule has 1 atom stereocenters. The Morgan fingerprint density at radius 3 is 2.89 bits per heavy atom. The summed E-state index contributed by atoms with van der Waals surface area (Å²) in [5, 5.41) is 6.07. The average Bonchev–Trinajstić information content (AvgIpc) is 2.74. The zero-order valence-electron chi connectivity index (χ0n) is 10.4. The van der Waals surface area contributed by atoms with Crippen LogP contribution >= 0.6 is 15.9 Å². The normalized spacial score (nSPS) is 23.1. The summed E-state index contributed by atoms with van der Waals surface area (Å²) >= 11 is 3.13. The van der Waals surface area contributed by atoms with Gasteiger partial charge in [0.1, 0.15) is 5.82 Å². The fourth-order valence-corrected chi connectivity index (χ4v) is 2.41. The summed E-state index contributed by atoms with van der Waals surface area (Å²) in [4.78, 5) is 12.2.